The molecular weight excluding hydrogens is 388 g/mol. The highest BCUT2D eigenvalue weighted by molar-refractivity contribution is 5.83. The van der Waals surface area contributed by atoms with Crippen molar-refractivity contribution >= 4 is 18.0 Å². The third-order valence-electron chi connectivity index (χ3n) is 3.65. The topological polar surface area (TPSA) is 103 Å². The molecule has 168 valence electrons. The number of benzene rings is 1. The Labute approximate surface area is 178 Å². The number of carbonyl (C=O) groups is 3. The summed E-state index contributed by atoms with van der Waals surface area (Å²) in [5.74, 6) is -1.47. The van der Waals surface area contributed by atoms with E-state index >= 15 is 0 Å². The van der Waals surface area contributed by atoms with Gasteiger partial charge in [0.1, 0.15) is 23.0 Å². The minimum absolute atomic E-state index is 0.00540. The molecular formula is C22H34N2O6. The van der Waals surface area contributed by atoms with Crippen molar-refractivity contribution in [1.82, 2.24) is 10.6 Å². The zero-order valence-corrected chi connectivity index (χ0v) is 18.9. The van der Waals surface area contributed by atoms with E-state index in [2.05, 4.69) is 10.6 Å². The van der Waals surface area contributed by atoms with Crippen molar-refractivity contribution in [2.45, 2.75) is 65.2 Å². The van der Waals surface area contributed by atoms with E-state index in [9.17, 15) is 14.4 Å². The predicted molar refractivity (Wildman–Crippen MR) is 113 cm³/mol. The number of rotatable bonds is 8. The van der Waals surface area contributed by atoms with Crippen LogP contribution in [0.2, 0.25) is 0 Å². The molecule has 0 saturated heterocycles. The van der Waals surface area contributed by atoms with Crippen LogP contribution in [0.4, 0.5) is 4.79 Å². The molecule has 8 heteroatoms. The van der Waals surface area contributed by atoms with Crippen molar-refractivity contribution in [3.63, 3.8) is 0 Å². The minimum Gasteiger partial charge on any atom is -0.460 e. The maximum atomic E-state index is 12.7. The Morgan fingerprint density at radius 1 is 0.900 bits per heavy atom. The molecule has 0 aliphatic rings. The molecule has 0 aliphatic carbocycles. The summed E-state index contributed by atoms with van der Waals surface area (Å²) >= 11 is 0. The molecule has 0 saturated carbocycles. The van der Waals surface area contributed by atoms with Crippen molar-refractivity contribution in [2.24, 2.45) is 5.92 Å². The van der Waals surface area contributed by atoms with Crippen LogP contribution in [0.15, 0.2) is 30.3 Å². The lowest BCUT2D eigenvalue weighted by molar-refractivity contribution is -0.162. The molecule has 0 spiro atoms. The summed E-state index contributed by atoms with van der Waals surface area (Å²) in [5.41, 5.74) is -1.44. The van der Waals surface area contributed by atoms with Crippen LogP contribution in [-0.2, 0) is 19.1 Å². The molecule has 2 N–H and O–H groups in total. The Bertz CT molecular complexity index is 707. The van der Waals surface area contributed by atoms with Gasteiger partial charge in [-0.25, -0.2) is 9.59 Å². The monoisotopic (exact) mass is 422 g/mol. The number of hydrogen-bond acceptors (Lipinski definition) is 7. The van der Waals surface area contributed by atoms with Gasteiger partial charge < -0.3 is 24.8 Å². The molecule has 1 aromatic carbocycles. The average molecular weight is 423 g/mol. The summed E-state index contributed by atoms with van der Waals surface area (Å²) in [5, 5.41) is 5.45. The number of para-hydroxylation sites is 1. The summed E-state index contributed by atoms with van der Waals surface area (Å²) in [6.07, 6.45) is -0.821. The Kier molecular flexibility index (Phi) is 9.29. The smallest absolute Gasteiger partial charge is 0.413 e. The highest BCUT2D eigenvalue weighted by Crippen LogP contribution is 2.18. The summed E-state index contributed by atoms with van der Waals surface area (Å²) in [6.45, 7) is 10.7. The molecule has 0 radical (unpaired) electrons. The first-order chi connectivity index (χ1) is 13.8. The normalized spacial score (nSPS) is 13.7. The zero-order chi connectivity index (χ0) is 22.9. The van der Waals surface area contributed by atoms with Crippen molar-refractivity contribution in [3.05, 3.63) is 30.3 Å². The first kappa shape index (κ1) is 25.4. The van der Waals surface area contributed by atoms with Gasteiger partial charge in [-0.3, -0.25) is 4.79 Å². The second-order valence-corrected chi connectivity index (χ2v) is 8.96. The maximum Gasteiger partial charge on any atom is 0.413 e. The van der Waals surface area contributed by atoms with Crippen molar-refractivity contribution in [1.29, 1.82) is 0 Å². The first-order valence-electron chi connectivity index (χ1n) is 9.94. The van der Waals surface area contributed by atoms with E-state index in [1.165, 1.54) is 0 Å². The van der Waals surface area contributed by atoms with Gasteiger partial charge in [0.15, 0.2) is 0 Å². The summed E-state index contributed by atoms with van der Waals surface area (Å²) in [7, 11) is 1.69. The highest BCUT2D eigenvalue weighted by atomic mass is 16.6. The van der Waals surface area contributed by atoms with E-state index in [0.29, 0.717) is 5.75 Å². The number of esters is 2. The standard InChI is InChI=1S/C22H34N2O6/c1-21(2,3)29-18(25)15(14-23-7)13-17(19(26)30-22(4,5)6)24-20(27)28-16-11-9-8-10-12-16/h8-12,15,17,23H,13-14H2,1-7H3,(H,24,27)/t15?,17-/m0/s1. The summed E-state index contributed by atoms with van der Waals surface area (Å²) in [6, 6.07) is 7.38. The maximum absolute atomic E-state index is 12.7. The minimum atomic E-state index is -1.09. The van der Waals surface area contributed by atoms with Crippen LogP contribution in [0.1, 0.15) is 48.0 Å². The van der Waals surface area contributed by atoms with Gasteiger partial charge in [0, 0.05) is 6.54 Å². The number of hydrogen-bond donors (Lipinski definition) is 2. The first-order valence-corrected chi connectivity index (χ1v) is 9.94. The molecule has 1 amide bonds. The summed E-state index contributed by atoms with van der Waals surface area (Å²) in [4.78, 5) is 37.7. The molecule has 0 fully saturated rings. The fourth-order valence-electron chi connectivity index (χ4n) is 2.53. The number of ether oxygens (including phenoxy) is 3. The van der Waals surface area contributed by atoms with Gasteiger partial charge in [-0.1, -0.05) is 18.2 Å². The van der Waals surface area contributed by atoms with Crippen LogP contribution < -0.4 is 15.4 Å². The number of carbonyl (C=O) groups excluding carboxylic acids is 3. The van der Waals surface area contributed by atoms with E-state index in [0.717, 1.165) is 0 Å². The Balaban J connectivity index is 2.98. The number of nitrogens with one attached hydrogen (secondary N) is 2. The molecule has 1 rings (SSSR count). The third kappa shape index (κ3) is 10.2. The summed E-state index contributed by atoms with van der Waals surface area (Å²) < 4.78 is 16.1. The van der Waals surface area contributed by atoms with Crippen LogP contribution in [0, 0.1) is 5.92 Å². The largest absolute Gasteiger partial charge is 0.460 e. The predicted octanol–water partition coefficient (Wildman–Crippen LogP) is 3.05. The van der Waals surface area contributed by atoms with Crippen LogP contribution in [0.25, 0.3) is 0 Å². The fourth-order valence-corrected chi connectivity index (χ4v) is 2.53. The Morgan fingerprint density at radius 2 is 1.43 bits per heavy atom. The van der Waals surface area contributed by atoms with Crippen molar-refractivity contribution in [2.75, 3.05) is 13.6 Å². The van der Waals surface area contributed by atoms with E-state index < -0.39 is 41.2 Å². The lowest BCUT2D eigenvalue weighted by Gasteiger charge is -2.28. The SMILES string of the molecule is CNCC(C[C@H](NC(=O)Oc1ccccc1)C(=O)OC(C)(C)C)C(=O)OC(C)(C)C. The second-order valence-electron chi connectivity index (χ2n) is 8.96. The lowest BCUT2D eigenvalue weighted by atomic mass is 9.99. The molecule has 1 aromatic rings. The van der Waals surface area contributed by atoms with Crippen LogP contribution in [0.5, 0.6) is 5.75 Å². The van der Waals surface area contributed by atoms with Gasteiger partial charge in [0.25, 0.3) is 0 Å². The van der Waals surface area contributed by atoms with E-state index in [-0.39, 0.29) is 13.0 Å². The third-order valence-corrected chi connectivity index (χ3v) is 3.65. The fraction of sp³-hybridized carbons (Fsp3) is 0.591. The number of amides is 1. The van der Waals surface area contributed by atoms with Gasteiger partial charge in [-0.2, -0.15) is 0 Å². The zero-order valence-electron chi connectivity index (χ0n) is 18.9. The van der Waals surface area contributed by atoms with Gasteiger partial charge in [0.05, 0.1) is 5.92 Å². The van der Waals surface area contributed by atoms with Crippen molar-refractivity contribution in [3.8, 4) is 5.75 Å². The molecule has 30 heavy (non-hydrogen) atoms. The molecule has 0 heterocycles. The highest BCUT2D eigenvalue weighted by Gasteiger charge is 2.34. The molecule has 8 nitrogen and oxygen atoms in total. The lowest BCUT2D eigenvalue weighted by Crippen LogP contribution is -2.48. The van der Waals surface area contributed by atoms with Gasteiger partial charge in [-0.05, 0) is 67.1 Å². The van der Waals surface area contributed by atoms with Gasteiger partial charge in [0.2, 0.25) is 0 Å². The van der Waals surface area contributed by atoms with Crippen LogP contribution in [0.3, 0.4) is 0 Å². The molecule has 0 aromatic heterocycles. The second kappa shape index (κ2) is 11.0. The molecule has 0 bridgehead atoms. The Hall–Kier alpha value is -2.61. The van der Waals surface area contributed by atoms with Gasteiger partial charge in [-0.15, -0.1) is 0 Å². The van der Waals surface area contributed by atoms with E-state index in [4.69, 9.17) is 14.2 Å². The molecule has 2 atom stereocenters. The van der Waals surface area contributed by atoms with E-state index in [1.54, 1.807) is 78.9 Å². The van der Waals surface area contributed by atoms with Crippen molar-refractivity contribution < 1.29 is 28.6 Å². The quantitative estimate of drug-likeness (QED) is 0.621. The average Bonchev–Trinajstić information content (AvgIpc) is 2.58. The van der Waals surface area contributed by atoms with Crippen LogP contribution >= 0.6 is 0 Å². The Morgan fingerprint density at radius 3 is 1.93 bits per heavy atom. The van der Waals surface area contributed by atoms with Crippen LogP contribution in [-0.4, -0.2) is 48.9 Å². The molecule has 0 aliphatic heterocycles. The van der Waals surface area contributed by atoms with Gasteiger partial charge >= 0.3 is 18.0 Å². The van der Waals surface area contributed by atoms with E-state index in [1.807, 2.05) is 0 Å². The molecule has 1 unspecified atom stereocenters.